The minimum absolute atomic E-state index is 0.160. The van der Waals surface area contributed by atoms with Gasteiger partial charge in [0, 0.05) is 12.8 Å². The Balaban J connectivity index is 2.46. The number of carboxylic acid groups (broad SMARTS) is 1. The van der Waals surface area contributed by atoms with E-state index in [9.17, 15) is 9.59 Å². The number of rotatable bonds is 9. The van der Waals surface area contributed by atoms with Gasteiger partial charge in [-0.1, -0.05) is 32.4 Å². The molecule has 0 bridgehead atoms. The number of aliphatic carboxylic acids is 1. The summed E-state index contributed by atoms with van der Waals surface area (Å²) < 4.78 is 5.45. The maximum absolute atomic E-state index is 11.8. The van der Waals surface area contributed by atoms with Crippen LogP contribution in [0.3, 0.4) is 0 Å². The third-order valence-corrected chi connectivity index (χ3v) is 3.46. The number of carbonyl (C=O) groups excluding carboxylic acids is 1. The number of benzene rings is 1. The molecule has 116 valence electrons. The van der Waals surface area contributed by atoms with Crippen LogP contribution >= 0.6 is 0 Å². The molecule has 0 aliphatic rings. The Morgan fingerprint density at radius 2 is 1.76 bits per heavy atom. The number of ether oxygens (including phenoxy) is 1. The largest absolute Gasteiger partial charge is 0.481 e. The summed E-state index contributed by atoms with van der Waals surface area (Å²) in [6.07, 6.45) is 4.26. The Labute approximate surface area is 126 Å². The van der Waals surface area contributed by atoms with Gasteiger partial charge in [0.05, 0.1) is 0 Å². The Morgan fingerprint density at radius 1 is 1.05 bits per heavy atom. The van der Waals surface area contributed by atoms with Gasteiger partial charge in [0.15, 0.2) is 0 Å². The van der Waals surface area contributed by atoms with Crippen molar-refractivity contribution in [2.24, 2.45) is 0 Å². The molecule has 0 saturated carbocycles. The molecule has 0 spiro atoms. The summed E-state index contributed by atoms with van der Waals surface area (Å²) in [6, 6.07) is 5.80. The van der Waals surface area contributed by atoms with Crippen molar-refractivity contribution in [1.29, 1.82) is 0 Å². The van der Waals surface area contributed by atoms with Crippen LogP contribution in [0.5, 0.6) is 5.75 Å². The van der Waals surface area contributed by atoms with Crippen LogP contribution in [0.1, 0.15) is 57.1 Å². The van der Waals surface area contributed by atoms with E-state index in [2.05, 4.69) is 19.9 Å². The van der Waals surface area contributed by atoms with Crippen molar-refractivity contribution < 1.29 is 19.4 Å². The normalized spacial score (nSPS) is 10.4. The fourth-order valence-electron chi connectivity index (χ4n) is 2.34. The number of hydrogen-bond acceptors (Lipinski definition) is 3. The van der Waals surface area contributed by atoms with Gasteiger partial charge in [-0.05, 0) is 42.9 Å². The van der Waals surface area contributed by atoms with Crippen LogP contribution in [0.15, 0.2) is 18.2 Å². The number of esters is 1. The number of aryl methyl sites for hydroxylation is 1. The third kappa shape index (κ3) is 5.98. The molecule has 0 aliphatic heterocycles. The van der Waals surface area contributed by atoms with Gasteiger partial charge in [-0.25, -0.2) is 0 Å². The van der Waals surface area contributed by atoms with Crippen molar-refractivity contribution in [3.05, 3.63) is 29.3 Å². The van der Waals surface area contributed by atoms with Gasteiger partial charge in [0.25, 0.3) is 0 Å². The van der Waals surface area contributed by atoms with Gasteiger partial charge in [-0.3, -0.25) is 9.59 Å². The van der Waals surface area contributed by atoms with Crippen molar-refractivity contribution in [2.45, 2.75) is 58.8 Å². The highest BCUT2D eigenvalue weighted by molar-refractivity contribution is 5.73. The molecule has 4 nitrogen and oxygen atoms in total. The van der Waals surface area contributed by atoms with E-state index in [1.54, 1.807) is 0 Å². The lowest BCUT2D eigenvalue weighted by Gasteiger charge is -2.12. The van der Waals surface area contributed by atoms with E-state index in [-0.39, 0.29) is 12.4 Å². The van der Waals surface area contributed by atoms with Crippen LogP contribution in [0.25, 0.3) is 0 Å². The van der Waals surface area contributed by atoms with Gasteiger partial charge in [0.1, 0.15) is 5.75 Å². The van der Waals surface area contributed by atoms with Crippen LogP contribution in [-0.4, -0.2) is 17.0 Å². The van der Waals surface area contributed by atoms with Crippen molar-refractivity contribution in [1.82, 2.24) is 0 Å². The standard InChI is InChI=1S/C17H24O4/c1-3-13-9-8-10-15(14(13)4-2)21-17(20)12-7-5-6-11-16(18)19/h8-10H,3-7,11-12H2,1-2H3,(H,18,19). The zero-order valence-electron chi connectivity index (χ0n) is 12.9. The first-order valence-corrected chi connectivity index (χ1v) is 7.61. The van der Waals surface area contributed by atoms with Gasteiger partial charge in [0.2, 0.25) is 0 Å². The van der Waals surface area contributed by atoms with Crippen molar-refractivity contribution in [2.75, 3.05) is 0 Å². The predicted molar refractivity (Wildman–Crippen MR) is 81.6 cm³/mol. The summed E-state index contributed by atoms with van der Waals surface area (Å²) >= 11 is 0. The van der Waals surface area contributed by atoms with E-state index >= 15 is 0 Å². The summed E-state index contributed by atoms with van der Waals surface area (Å²) in [5.41, 5.74) is 2.31. The number of hydrogen-bond donors (Lipinski definition) is 1. The first-order chi connectivity index (χ1) is 10.1. The topological polar surface area (TPSA) is 63.6 Å². The Kier molecular flexibility index (Phi) is 7.51. The maximum atomic E-state index is 11.8. The van der Waals surface area contributed by atoms with Gasteiger partial charge >= 0.3 is 11.9 Å². The first kappa shape index (κ1) is 17.2. The van der Waals surface area contributed by atoms with Crippen LogP contribution in [0, 0.1) is 0 Å². The predicted octanol–water partition coefficient (Wildman–Crippen LogP) is 3.75. The molecule has 0 amide bonds. The van der Waals surface area contributed by atoms with Crippen LogP contribution < -0.4 is 4.74 Å². The molecule has 0 aliphatic carbocycles. The smallest absolute Gasteiger partial charge is 0.311 e. The van der Waals surface area contributed by atoms with Gasteiger partial charge in [-0.2, -0.15) is 0 Å². The molecule has 1 aromatic rings. The summed E-state index contributed by atoms with van der Waals surface area (Å²) in [6.45, 7) is 4.14. The summed E-state index contributed by atoms with van der Waals surface area (Å²) in [4.78, 5) is 22.2. The summed E-state index contributed by atoms with van der Waals surface area (Å²) in [5, 5.41) is 8.53. The lowest BCUT2D eigenvalue weighted by molar-refractivity contribution is -0.137. The molecule has 1 rings (SSSR count). The summed E-state index contributed by atoms with van der Waals surface area (Å²) in [5.74, 6) is -0.373. The molecule has 1 aromatic carbocycles. The van der Waals surface area contributed by atoms with Crippen molar-refractivity contribution in [3.8, 4) is 5.75 Å². The molecule has 21 heavy (non-hydrogen) atoms. The minimum atomic E-state index is -0.790. The zero-order chi connectivity index (χ0) is 15.7. The first-order valence-electron chi connectivity index (χ1n) is 7.61. The van der Waals surface area contributed by atoms with E-state index in [1.165, 1.54) is 5.56 Å². The second-order valence-electron chi connectivity index (χ2n) is 5.03. The highest BCUT2D eigenvalue weighted by atomic mass is 16.5. The molecule has 0 radical (unpaired) electrons. The molecule has 0 unspecified atom stereocenters. The third-order valence-electron chi connectivity index (χ3n) is 3.46. The quantitative estimate of drug-likeness (QED) is 0.428. The monoisotopic (exact) mass is 292 g/mol. The fraction of sp³-hybridized carbons (Fsp3) is 0.529. The van der Waals surface area contributed by atoms with Gasteiger partial charge < -0.3 is 9.84 Å². The molecule has 0 aromatic heterocycles. The second kappa shape index (κ2) is 9.16. The SMILES string of the molecule is CCc1cccc(OC(=O)CCCCCC(=O)O)c1CC. The Hall–Kier alpha value is -1.84. The molecular weight excluding hydrogens is 268 g/mol. The van der Waals surface area contributed by atoms with E-state index in [0.717, 1.165) is 24.8 Å². The lowest BCUT2D eigenvalue weighted by Crippen LogP contribution is -2.10. The van der Waals surface area contributed by atoms with E-state index in [1.807, 2.05) is 12.1 Å². The second-order valence-corrected chi connectivity index (χ2v) is 5.03. The van der Waals surface area contributed by atoms with Crippen molar-refractivity contribution >= 4 is 11.9 Å². The maximum Gasteiger partial charge on any atom is 0.311 e. The Morgan fingerprint density at radius 3 is 2.38 bits per heavy atom. The van der Waals surface area contributed by atoms with E-state index < -0.39 is 5.97 Å². The molecule has 0 atom stereocenters. The average molecular weight is 292 g/mol. The molecule has 0 saturated heterocycles. The van der Waals surface area contributed by atoms with E-state index in [4.69, 9.17) is 9.84 Å². The van der Waals surface area contributed by atoms with Crippen LogP contribution in [0.4, 0.5) is 0 Å². The summed E-state index contributed by atoms with van der Waals surface area (Å²) in [7, 11) is 0. The number of carboxylic acids is 1. The van der Waals surface area contributed by atoms with Gasteiger partial charge in [-0.15, -0.1) is 0 Å². The highest BCUT2D eigenvalue weighted by Crippen LogP contribution is 2.24. The fourth-order valence-corrected chi connectivity index (χ4v) is 2.34. The van der Waals surface area contributed by atoms with E-state index in [0.29, 0.717) is 25.0 Å². The van der Waals surface area contributed by atoms with Crippen molar-refractivity contribution in [3.63, 3.8) is 0 Å². The molecule has 4 heteroatoms. The zero-order valence-corrected chi connectivity index (χ0v) is 12.9. The lowest BCUT2D eigenvalue weighted by atomic mass is 10.0. The average Bonchev–Trinajstić information content (AvgIpc) is 2.46. The number of unbranched alkanes of at least 4 members (excludes halogenated alkanes) is 2. The number of carbonyl (C=O) groups is 2. The van der Waals surface area contributed by atoms with Crippen LogP contribution in [0.2, 0.25) is 0 Å². The highest BCUT2D eigenvalue weighted by Gasteiger charge is 2.11. The minimum Gasteiger partial charge on any atom is -0.481 e. The molecule has 0 heterocycles. The Bertz CT molecular complexity index is 480. The van der Waals surface area contributed by atoms with Crippen LogP contribution in [-0.2, 0) is 22.4 Å². The molecule has 1 N–H and O–H groups in total. The molecular formula is C17H24O4. The molecule has 0 fully saturated rings.